The van der Waals surface area contributed by atoms with Crippen LogP contribution in [-0.4, -0.2) is 35.1 Å². The first-order valence-corrected chi connectivity index (χ1v) is 7.28. The minimum atomic E-state index is 0.634. The Morgan fingerprint density at radius 3 is 2.94 bits per heavy atom. The average Bonchev–Trinajstić information content (AvgIpc) is 3.11. The van der Waals surface area contributed by atoms with E-state index in [9.17, 15) is 0 Å². The topological polar surface area (TPSA) is 20.2 Å². The zero-order valence-corrected chi connectivity index (χ0v) is 12.0. The van der Waals surface area contributed by atoms with Crippen LogP contribution in [0.2, 0.25) is 0 Å². The maximum absolute atomic E-state index is 3.57. The molecular weight excluding hydrogens is 222 g/mol. The Balaban J connectivity index is 1.67. The molecule has 1 aliphatic carbocycles. The van der Waals surface area contributed by atoms with Crippen molar-refractivity contribution in [3.63, 3.8) is 0 Å². The number of rotatable bonds is 8. The van der Waals surface area contributed by atoms with E-state index in [1.165, 1.54) is 24.8 Å². The smallest absolute Gasteiger partial charge is 0.0221 e. The molecule has 1 fully saturated rings. The molecule has 0 radical (unpaired) electrons. The molecule has 1 N–H and O–H groups in total. The molecule has 2 rings (SSSR count). The van der Waals surface area contributed by atoms with Crippen LogP contribution in [0.4, 0.5) is 0 Å². The van der Waals surface area contributed by atoms with Gasteiger partial charge in [-0.3, -0.25) is 4.90 Å². The first-order chi connectivity index (χ1) is 8.70. The molecule has 1 unspecified atom stereocenters. The van der Waals surface area contributed by atoms with Gasteiger partial charge in [-0.05, 0) is 44.9 Å². The summed E-state index contributed by atoms with van der Waals surface area (Å²) in [5, 5.41) is 3.57. The van der Waals surface area contributed by atoms with Gasteiger partial charge in [0, 0.05) is 44.1 Å². The highest BCUT2D eigenvalue weighted by Crippen LogP contribution is 2.26. The van der Waals surface area contributed by atoms with Crippen LogP contribution in [-0.2, 0) is 13.1 Å². The van der Waals surface area contributed by atoms with Gasteiger partial charge in [-0.25, -0.2) is 0 Å². The molecule has 0 amide bonds. The minimum Gasteiger partial charge on any atom is -0.354 e. The van der Waals surface area contributed by atoms with Crippen molar-refractivity contribution in [2.24, 2.45) is 0 Å². The van der Waals surface area contributed by atoms with Gasteiger partial charge in [0.05, 0.1) is 0 Å². The molecule has 0 spiro atoms. The van der Waals surface area contributed by atoms with E-state index < -0.39 is 0 Å². The Bertz CT molecular complexity index is 354. The van der Waals surface area contributed by atoms with E-state index in [2.05, 4.69) is 54.1 Å². The van der Waals surface area contributed by atoms with Gasteiger partial charge in [-0.1, -0.05) is 6.92 Å². The zero-order valence-electron chi connectivity index (χ0n) is 12.0. The summed E-state index contributed by atoms with van der Waals surface area (Å²) in [4.78, 5) is 2.51. The summed E-state index contributed by atoms with van der Waals surface area (Å²) < 4.78 is 2.27. The lowest BCUT2D eigenvalue weighted by atomic mass is 10.2. The second-order valence-electron chi connectivity index (χ2n) is 5.63. The molecule has 1 aromatic rings. The minimum absolute atomic E-state index is 0.634. The third-order valence-corrected chi connectivity index (χ3v) is 3.88. The van der Waals surface area contributed by atoms with Crippen molar-refractivity contribution < 1.29 is 0 Å². The van der Waals surface area contributed by atoms with E-state index in [4.69, 9.17) is 0 Å². The molecule has 0 aliphatic heterocycles. The fourth-order valence-corrected chi connectivity index (χ4v) is 2.40. The van der Waals surface area contributed by atoms with Crippen LogP contribution in [0.5, 0.6) is 0 Å². The van der Waals surface area contributed by atoms with Gasteiger partial charge in [0.15, 0.2) is 0 Å². The molecule has 3 heteroatoms. The molecule has 0 aromatic carbocycles. The van der Waals surface area contributed by atoms with Crippen molar-refractivity contribution in [2.45, 2.75) is 58.3 Å². The highest BCUT2D eigenvalue weighted by atomic mass is 15.2. The summed E-state index contributed by atoms with van der Waals surface area (Å²) >= 11 is 0. The van der Waals surface area contributed by atoms with Crippen molar-refractivity contribution >= 4 is 0 Å². The SMILES string of the molecule is CCCn1ccc(CNCC(C)N(C)C2CC2)c1. The molecule has 1 aliphatic rings. The van der Waals surface area contributed by atoms with Crippen LogP contribution in [0.25, 0.3) is 0 Å². The molecule has 18 heavy (non-hydrogen) atoms. The zero-order chi connectivity index (χ0) is 13.0. The summed E-state index contributed by atoms with van der Waals surface area (Å²) in [7, 11) is 2.25. The number of nitrogens with one attached hydrogen (secondary N) is 1. The van der Waals surface area contributed by atoms with Gasteiger partial charge in [0.1, 0.15) is 0 Å². The number of hydrogen-bond donors (Lipinski definition) is 1. The Morgan fingerprint density at radius 1 is 1.50 bits per heavy atom. The molecule has 3 nitrogen and oxygen atoms in total. The van der Waals surface area contributed by atoms with E-state index in [0.717, 1.165) is 25.7 Å². The summed E-state index contributed by atoms with van der Waals surface area (Å²) in [5.74, 6) is 0. The van der Waals surface area contributed by atoms with E-state index >= 15 is 0 Å². The summed E-state index contributed by atoms with van der Waals surface area (Å²) in [6.45, 7) is 7.72. The van der Waals surface area contributed by atoms with Gasteiger partial charge in [0.2, 0.25) is 0 Å². The van der Waals surface area contributed by atoms with Crippen LogP contribution < -0.4 is 5.32 Å². The molecule has 1 heterocycles. The molecule has 1 atom stereocenters. The first kappa shape index (κ1) is 13.6. The van der Waals surface area contributed by atoms with Crippen LogP contribution in [0.1, 0.15) is 38.7 Å². The van der Waals surface area contributed by atoms with Gasteiger partial charge in [0.25, 0.3) is 0 Å². The number of aryl methyl sites for hydroxylation is 1. The van der Waals surface area contributed by atoms with E-state index in [1.54, 1.807) is 0 Å². The van der Waals surface area contributed by atoms with Crippen molar-refractivity contribution in [1.29, 1.82) is 0 Å². The largest absolute Gasteiger partial charge is 0.354 e. The monoisotopic (exact) mass is 249 g/mol. The molecular formula is C15H27N3. The predicted molar refractivity (Wildman–Crippen MR) is 76.7 cm³/mol. The Labute approximate surface area is 111 Å². The molecule has 102 valence electrons. The summed E-state index contributed by atoms with van der Waals surface area (Å²) in [5.41, 5.74) is 1.39. The Kier molecular flexibility index (Phi) is 4.84. The summed E-state index contributed by atoms with van der Waals surface area (Å²) in [6.07, 6.45) is 8.41. The quantitative estimate of drug-likeness (QED) is 0.764. The van der Waals surface area contributed by atoms with Crippen LogP contribution in [0.3, 0.4) is 0 Å². The maximum Gasteiger partial charge on any atom is 0.0221 e. The lowest BCUT2D eigenvalue weighted by molar-refractivity contribution is 0.241. The average molecular weight is 249 g/mol. The van der Waals surface area contributed by atoms with Crippen molar-refractivity contribution in [3.05, 3.63) is 24.0 Å². The van der Waals surface area contributed by atoms with Crippen molar-refractivity contribution in [2.75, 3.05) is 13.6 Å². The third-order valence-electron chi connectivity index (χ3n) is 3.88. The molecule has 0 saturated heterocycles. The molecule has 1 saturated carbocycles. The van der Waals surface area contributed by atoms with Gasteiger partial charge in [-0.2, -0.15) is 0 Å². The standard InChI is InChI=1S/C15H27N3/c1-4-8-18-9-7-14(12-18)11-16-10-13(2)17(3)15-5-6-15/h7,9,12-13,15-16H,4-6,8,10-11H2,1-3H3. The first-order valence-electron chi connectivity index (χ1n) is 7.28. The van der Waals surface area contributed by atoms with Crippen LogP contribution in [0.15, 0.2) is 18.5 Å². The number of likely N-dealkylation sites (N-methyl/N-ethyl adjacent to an activating group) is 1. The van der Waals surface area contributed by atoms with Gasteiger partial charge >= 0.3 is 0 Å². The highest BCUT2D eigenvalue weighted by Gasteiger charge is 2.28. The van der Waals surface area contributed by atoms with Crippen molar-refractivity contribution in [3.8, 4) is 0 Å². The normalized spacial score (nSPS) is 17.3. The second-order valence-corrected chi connectivity index (χ2v) is 5.63. The highest BCUT2D eigenvalue weighted by molar-refractivity contribution is 5.09. The Hall–Kier alpha value is -0.800. The van der Waals surface area contributed by atoms with Gasteiger partial charge in [-0.15, -0.1) is 0 Å². The fraction of sp³-hybridized carbons (Fsp3) is 0.733. The maximum atomic E-state index is 3.57. The number of hydrogen-bond acceptors (Lipinski definition) is 2. The van der Waals surface area contributed by atoms with E-state index in [0.29, 0.717) is 6.04 Å². The second kappa shape index (κ2) is 6.39. The fourth-order valence-electron chi connectivity index (χ4n) is 2.40. The third kappa shape index (κ3) is 3.85. The van der Waals surface area contributed by atoms with Gasteiger partial charge < -0.3 is 9.88 Å². The number of nitrogens with zero attached hydrogens (tertiary/aromatic N) is 2. The lowest BCUT2D eigenvalue weighted by Gasteiger charge is -2.24. The van der Waals surface area contributed by atoms with Crippen molar-refractivity contribution in [1.82, 2.24) is 14.8 Å². The molecule has 0 bridgehead atoms. The predicted octanol–water partition coefficient (Wildman–Crippen LogP) is 2.47. The summed E-state index contributed by atoms with van der Waals surface area (Å²) in [6, 6.07) is 3.71. The van der Waals surface area contributed by atoms with E-state index in [-0.39, 0.29) is 0 Å². The molecule has 1 aromatic heterocycles. The Morgan fingerprint density at radius 2 is 2.28 bits per heavy atom. The number of aromatic nitrogens is 1. The van der Waals surface area contributed by atoms with E-state index in [1.807, 2.05) is 0 Å². The lowest BCUT2D eigenvalue weighted by Crippen LogP contribution is -2.38. The van der Waals surface area contributed by atoms with Crippen LogP contribution >= 0.6 is 0 Å². The van der Waals surface area contributed by atoms with Crippen LogP contribution in [0, 0.1) is 0 Å².